The largest absolute Gasteiger partial charge is 0.349 e. The number of pyridine rings is 1. The van der Waals surface area contributed by atoms with E-state index in [2.05, 4.69) is 38.1 Å². The van der Waals surface area contributed by atoms with E-state index >= 15 is 0 Å². The van der Waals surface area contributed by atoms with Gasteiger partial charge in [-0.2, -0.15) is 0 Å². The van der Waals surface area contributed by atoms with Gasteiger partial charge in [0.2, 0.25) is 0 Å². The minimum absolute atomic E-state index is 0.144. The molecule has 0 spiro atoms. The Morgan fingerprint density at radius 1 is 1.56 bits per heavy atom. The highest BCUT2D eigenvalue weighted by atomic mass is 79.9. The highest BCUT2D eigenvalue weighted by molar-refractivity contribution is 9.10. The van der Waals surface area contributed by atoms with E-state index in [0.717, 1.165) is 0 Å². The summed E-state index contributed by atoms with van der Waals surface area (Å²) in [6.07, 6.45) is 0. The van der Waals surface area contributed by atoms with E-state index in [-0.39, 0.29) is 5.91 Å². The van der Waals surface area contributed by atoms with Crippen molar-refractivity contribution < 1.29 is 4.79 Å². The van der Waals surface area contributed by atoms with Gasteiger partial charge in [-0.25, -0.2) is 4.98 Å². The molecule has 1 aromatic heterocycles. The van der Waals surface area contributed by atoms with Crippen molar-refractivity contribution in [3.8, 4) is 0 Å². The molecule has 1 amide bonds. The van der Waals surface area contributed by atoms with Gasteiger partial charge in [-0.1, -0.05) is 6.07 Å². The summed E-state index contributed by atoms with van der Waals surface area (Å²) >= 11 is 3.23. The van der Waals surface area contributed by atoms with Crippen molar-refractivity contribution in [3.05, 3.63) is 28.5 Å². The zero-order valence-electron chi connectivity index (χ0n) is 9.70. The van der Waals surface area contributed by atoms with Crippen molar-refractivity contribution in [1.82, 2.24) is 15.2 Å². The van der Waals surface area contributed by atoms with Gasteiger partial charge >= 0.3 is 0 Å². The Bertz CT molecular complexity index is 368. The van der Waals surface area contributed by atoms with Gasteiger partial charge in [0.25, 0.3) is 5.91 Å². The van der Waals surface area contributed by atoms with Crippen LogP contribution >= 0.6 is 15.9 Å². The third kappa shape index (κ3) is 3.90. The smallest absolute Gasteiger partial charge is 0.269 e. The van der Waals surface area contributed by atoms with Gasteiger partial charge in [-0.05, 0) is 49.1 Å². The molecule has 88 valence electrons. The van der Waals surface area contributed by atoms with Crippen molar-refractivity contribution in [2.24, 2.45) is 0 Å². The number of halogens is 1. The van der Waals surface area contributed by atoms with Gasteiger partial charge in [0, 0.05) is 12.6 Å². The predicted molar refractivity (Wildman–Crippen MR) is 67.4 cm³/mol. The second kappa shape index (κ2) is 5.96. The van der Waals surface area contributed by atoms with Gasteiger partial charge < -0.3 is 10.2 Å². The number of hydrogen-bond donors (Lipinski definition) is 1. The molecule has 0 aromatic carbocycles. The van der Waals surface area contributed by atoms with Crippen LogP contribution in [0, 0.1) is 0 Å². The van der Waals surface area contributed by atoms with Crippen molar-refractivity contribution in [2.75, 3.05) is 20.6 Å². The molecule has 0 aliphatic rings. The number of likely N-dealkylation sites (N-methyl/N-ethyl adjacent to an activating group) is 1. The standard InChI is InChI=1S/C11H16BrN3O/c1-8(15(2)3)7-13-11(16)9-5-4-6-10(12)14-9/h4-6,8H,7H2,1-3H3,(H,13,16). The molecule has 0 saturated carbocycles. The minimum Gasteiger partial charge on any atom is -0.349 e. The van der Waals surface area contributed by atoms with Crippen LogP contribution in [0.25, 0.3) is 0 Å². The topological polar surface area (TPSA) is 45.2 Å². The Labute approximate surface area is 104 Å². The molecule has 1 heterocycles. The van der Waals surface area contributed by atoms with Gasteiger partial charge in [0.15, 0.2) is 0 Å². The van der Waals surface area contributed by atoms with Gasteiger partial charge in [0.05, 0.1) is 0 Å². The first-order chi connectivity index (χ1) is 7.50. The number of hydrogen-bond acceptors (Lipinski definition) is 3. The van der Waals surface area contributed by atoms with Crippen LogP contribution in [0.15, 0.2) is 22.8 Å². The number of nitrogens with zero attached hydrogens (tertiary/aromatic N) is 2. The van der Waals surface area contributed by atoms with Crippen LogP contribution in [-0.4, -0.2) is 42.5 Å². The predicted octanol–water partition coefficient (Wildman–Crippen LogP) is 1.52. The molecular formula is C11H16BrN3O. The summed E-state index contributed by atoms with van der Waals surface area (Å²) in [4.78, 5) is 17.8. The Kier molecular flexibility index (Phi) is 4.89. The highest BCUT2D eigenvalue weighted by Gasteiger charge is 2.10. The average Bonchev–Trinajstić information content (AvgIpc) is 2.25. The average molecular weight is 286 g/mol. The third-order valence-electron chi connectivity index (χ3n) is 2.39. The molecule has 1 atom stereocenters. The number of aromatic nitrogens is 1. The van der Waals surface area contributed by atoms with E-state index in [9.17, 15) is 4.79 Å². The number of nitrogens with one attached hydrogen (secondary N) is 1. The summed E-state index contributed by atoms with van der Waals surface area (Å²) in [5.74, 6) is -0.144. The van der Waals surface area contributed by atoms with E-state index in [1.54, 1.807) is 18.2 Å². The van der Waals surface area contributed by atoms with E-state index < -0.39 is 0 Å². The summed E-state index contributed by atoms with van der Waals surface area (Å²) in [5.41, 5.74) is 0.431. The summed E-state index contributed by atoms with van der Waals surface area (Å²) in [5, 5.41) is 2.84. The Morgan fingerprint density at radius 2 is 2.25 bits per heavy atom. The fourth-order valence-corrected chi connectivity index (χ4v) is 1.39. The molecule has 1 unspecified atom stereocenters. The van der Waals surface area contributed by atoms with E-state index in [4.69, 9.17) is 0 Å². The van der Waals surface area contributed by atoms with Crippen molar-refractivity contribution in [2.45, 2.75) is 13.0 Å². The maximum atomic E-state index is 11.7. The summed E-state index contributed by atoms with van der Waals surface area (Å²) in [6, 6.07) is 5.58. The van der Waals surface area contributed by atoms with E-state index in [0.29, 0.717) is 22.9 Å². The lowest BCUT2D eigenvalue weighted by molar-refractivity contribution is 0.0938. The van der Waals surface area contributed by atoms with Crippen LogP contribution in [0.3, 0.4) is 0 Å². The second-order valence-corrected chi connectivity index (χ2v) is 4.68. The lowest BCUT2D eigenvalue weighted by atomic mass is 10.3. The van der Waals surface area contributed by atoms with Crippen molar-refractivity contribution in [3.63, 3.8) is 0 Å². The first-order valence-corrected chi connectivity index (χ1v) is 5.87. The maximum Gasteiger partial charge on any atom is 0.269 e. The number of carbonyl (C=O) groups is 1. The van der Waals surface area contributed by atoms with E-state index in [1.807, 2.05) is 14.1 Å². The van der Waals surface area contributed by atoms with Crippen LogP contribution in [0.2, 0.25) is 0 Å². The molecule has 0 radical (unpaired) electrons. The molecule has 0 aliphatic carbocycles. The Balaban J connectivity index is 2.53. The second-order valence-electron chi connectivity index (χ2n) is 3.87. The van der Waals surface area contributed by atoms with Crippen LogP contribution < -0.4 is 5.32 Å². The third-order valence-corrected chi connectivity index (χ3v) is 2.83. The maximum absolute atomic E-state index is 11.7. The molecule has 1 aromatic rings. The molecule has 0 aliphatic heterocycles. The minimum atomic E-state index is -0.144. The zero-order chi connectivity index (χ0) is 12.1. The quantitative estimate of drug-likeness (QED) is 0.854. The highest BCUT2D eigenvalue weighted by Crippen LogP contribution is 2.06. The van der Waals surface area contributed by atoms with Crippen LogP contribution in [0.4, 0.5) is 0 Å². The van der Waals surface area contributed by atoms with E-state index in [1.165, 1.54) is 0 Å². The zero-order valence-corrected chi connectivity index (χ0v) is 11.3. The molecule has 0 saturated heterocycles. The first kappa shape index (κ1) is 13.1. The summed E-state index contributed by atoms with van der Waals surface area (Å²) in [6.45, 7) is 2.66. The fraction of sp³-hybridized carbons (Fsp3) is 0.455. The van der Waals surface area contributed by atoms with Gasteiger partial charge in [-0.3, -0.25) is 4.79 Å². The SMILES string of the molecule is CC(CNC(=O)c1cccc(Br)n1)N(C)C. The molecule has 0 bridgehead atoms. The molecule has 5 heteroatoms. The molecule has 1 rings (SSSR count). The lowest BCUT2D eigenvalue weighted by Gasteiger charge is -2.19. The monoisotopic (exact) mass is 285 g/mol. The molecule has 1 N–H and O–H groups in total. The first-order valence-electron chi connectivity index (χ1n) is 5.08. The summed E-state index contributed by atoms with van der Waals surface area (Å²) in [7, 11) is 3.96. The van der Waals surface area contributed by atoms with Crippen molar-refractivity contribution in [1.29, 1.82) is 0 Å². The van der Waals surface area contributed by atoms with Gasteiger partial charge in [0.1, 0.15) is 10.3 Å². The Morgan fingerprint density at radius 3 is 2.81 bits per heavy atom. The molecular weight excluding hydrogens is 270 g/mol. The fourth-order valence-electron chi connectivity index (χ4n) is 1.05. The van der Waals surface area contributed by atoms with Gasteiger partial charge in [-0.15, -0.1) is 0 Å². The molecule has 0 fully saturated rings. The molecule has 16 heavy (non-hydrogen) atoms. The number of amides is 1. The normalized spacial score (nSPS) is 12.6. The Hall–Kier alpha value is -0.940. The number of carbonyl (C=O) groups excluding carboxylic acids is 1. The van der Waals surface area contributed by atoms with Crippen LogP contribution in [-0.2, 0) is 0 Å². The lowest BCUT2D eigenvalue weighted by Crippen LogP contribution is -2.38. The van der Waals surface area contributed by atoms with Crippen LogP contribution in [0.5, 0.6) is 0 Å². The van der Waals surface area contributed by atoms with Crippen molar-refractivity contribution >= 4 is 21.8 Å². The molecule has 4 nitrogen and oxygen atoms in total. The van der Waals surface area contributed by atoms with Crippen LogP contribution in [0.1, 0.15) is 17.4 Å². The number of rotatable bonds is 4. The summed E-state index contributed by atoms with van der Waals surface area (Å²) < 4.78 is 0.667.